The summed E-state index contributed by atoms with van der Waals surface area (Å²) in [7, 11) is -1.57. The molecule has 0 aromatic heterocycles. The number of carbonyl (C=O) groups is 3. The lowest BCUT2D eigenvalue weighted by Crippen LogP contribution is -2.48. The fraction of sp³-hybridized carbons (Fsp3) is 0.618. The summed E-state index contributed by atoms with van der Waals surface area (Å²) in [5.74, 6) is -0.860. The van der Waals surface area contributed by atoms with E-state index in [4.69, 9.17) is 4.74 Å². The van der Waals surface area contributed by atoms with Gasteiger partial charge in [0.05, 0.1) is 11.0 Å². The number of piperazine rings is 1. The average molecular weight is 646 g/mol. The average Bonchev–Trinajstić information content (AvgIpc) is 3.03. The highest BCUT2D eigenvalue weighted by atomic mass is 32.2. The molecule has 0 unspecified atom stereocenters. The Morgan fingerprint density at radius 2 is 1.69 bits per heavy atom. The fourth-order valence-electron chi connectivity index (χ4n) is 5.80. The van der Waals surface area contributed by atoms with E-state index in [1.165, 1.54) is 0 Å². The van der Waals surface area contributed by atoms with Crippen molar-refractivity contribution >= 4 is 34.8 Å². The van der Waals surface area contributed by atoms with Gasteiger partial charge in [-0.05, 0) is 75.3 Å². The molecule has 0 spiro atoms. The van der Waals surface area contributed by atoms with Crippen LogP contribution < -0.4 is 0 Å². The van der Waals surface area contributed by atoms with E-state index < -0.39 is 34.2 Å². The second kappa shape index (κ2) is 17.7. The third kappa shape index (κ3) is 10.9. The number of aliphatic hydroxyl groups is 1. The standard InChI is InChI=1S/C34H51N3O7S/c1-26(12-14-33(27(2)11-13-30(40)15-22-38)44-34(41)36-20-18-35(4)19-21-36)32(25-39)28(3)23-29-9-8-10-31(24-29)45(42,43)37-16-6-5-7-17-37/h8-10,12,14,22-27,30,32-33,40H,5-7,11,13,15-21H2,1-4H3/b14-12+,28-23+/t26-,27-,30+,32-,33-/m0/s1. The lowest BCUT2D eigenvalue weighted by molar-refractivity contribution is -0.111. The first-order valence-electron chi connectivity index (χ1n) is 16.1. The van der Waals surface area contributed by atoms with Gasteiger partial charge in [0.1, 0.15) is 18.7 Å². The molecule has 2 saturated heterocycles. The summed E-state index contributed by atoms with van der Waals surface area (Å²) in [4.78, 5) is 40.2. The van der Waals surface area contributed by atoms with Gasteiger partial charge >= 0.3 is 6.09 Å². The number of amides is 1. The molecule has 0 saturated carbocycles. The topological polar surface area (TPSA) is 125 Å². The van der Waals surface area contributed by atoms with Crippen LogP contribution in [0.2, 0.25) is 0 Å². The van der Waals surface area contributed by atoms with Gasteiger partial charge in [0.25, 0.3) is 0 Å². The number of aliphatic hydroxyl groups excluding tert-OH is 1. The van der Waals surface area contributed by atoms with Crippen LogP contribution in [0.25, 0.3) is 6.08 Å². The van der Waals surface area contributed by atoms with Crippen LogP contribution in [-0.2, 0) is 24.3 Å². The number of sulfonamides is 1. The van der Waals surface area contributed by atoms with Gasteiger partial charge in [0.2, 0.25) is 10.0 Å². The SMILES string of the molecule is C/C(=C\c1cccc(S(=O)(=O)N2CCCCC2)c1)[C@@H](C=O)[C@@H](C)/C=C/[C@H](OC(=O)N1CCN(C)CC1)[C@@H](C)CC[C@@H](O)CC=O. The van der Waals surface area contributed by atoms with Crippen LogP contribution in [0, 0.1) is 17.8 Å². The first-order valence-corrected chi connectivity index (χ1v) is 17.6. The van der Waals surface area contributed by atoms with E-state index in [1.807, 2.05) is 52.1 Å². The van der Waals surface area contributed by atoms with Gasteiger partial charge < -0.3 is 29.2 Å². The Labute approximate surface area is 269 Å². The van der Waals surface area contributed by atoms with Gasteiger partial charge in [-0.2, -0.15) is 4.31 Å². The summed E-state index contributed by atoms with van der Waals surface area (Å²) < 4.78 is 33.9. The van der Waals surface area contributed by atoms with Crippen LogP contribution in [0.1, 0.15) is 64.9 Å². The summed E-state index contributed by atoms with van der Waals surface area (Å²) in [5.41, 5.74) is 1.49. The molecule has 1 aromatic carbocycles. The minimum absolute atomic E-state index is 0.0606. The molecule has 3 rings (SSSR count). The number of carbonyl (C=O) groups excluding carboxylic acids is 3. The second-order valence-corrected chi connectivity index (χ2v) is 14.5. The molecule has 1 aromatic rings. The Kier molecular flexibility index (Phi) is 14.4. The van der Waals surface area contributed by atoms with Crippen molar-refractivity contribution in [2.75, 3.05) is 46.3 Å². The van der Waals surface area contributed by atoms with E-state index >= 15 is 0 Å². The Balaban J connectivity index is 1.75. The summed E-state index contributed by atoms with van der Waals surface area (Å²) in [5, 5.41) is 10.1. The normalized spacial score (nSPS) is 20.7. The molecule has 10 nitrogen and oxygen atoms in total. The predicted octanol–water partition coefficient (Wildman–Crippen LogP) is 4.39. The number of ether oxygens (including phenoxy) is 1. The first-order chi connectivity index (χ1) is 21.5. The zero-order chi connectivity index (χ0) is 33.0. The number of nitrogens with zero attached hydrogens (tertiary/aromatic N) is 3. The monoisotopic (exact) mass is 645 g/mol. The van der Waals surface area contributed by atoms with E-state index in [0.29, 0.717) is 50.9 Å². The maximum atomic E-state index is 13.2. The summed E-state index contributed by atoms with van der Waals surface area (Å²) in [6, 6.07) is 6.82. The second-order valence-electron chi connectivity index (χ2n) is 12.6. The van der Waals surface area contributed by atoms with Gasteiger partial charge in [-0.25, -0.2) is 13.2 Å². The van der Waals surface area contributed by atoms with Crippen molar-refractivity contribution in [3.05, 3.63) is 47.6 Å². The number of hydrogen-bond acceptors (Lipinski definition) is 8. The predicted molar refractivity (Wildman–Crippen MR) is 175 cm³/mol. The van der Waals surface area contributed by atoms with Gasteiger partial charge in [-0.15, -0.1) is 0 Å². The lowest BCUT2D eigenvalue weighted by atomic mass is 9.86. The van der Waals surface area contributed by atoms with Crippen molar-refractivity contribution in [1.29, 1.82) is 0 Å². The van der Waals surface area contributed by atoms with Gasteiger partial charge in [0, 0.05) is 51.6 Å². The third-order valence-corrected chi connectivity index (χ3v) is 10.8. The van der Waals surface area contributed by atoms with E-state index in [2.05, 4.69) is 4.90 Å². The molecular weight excluding hydrogens is 594 g/mol. The summed E-state index contributed by atoms with van der Waals surface area (Å²) in [6.45, 7) is 9.46. The Morgan fingerprint density at radius 3 is 2.33 bits per heavy atom. The maximum absolute atomic E-state index is 13.2. The van der Waals surface area contributed by atoms with Crippen LogP contribution in [0.15, 0.2) is 46.9 Å². The zero-order valence-corrected chi connectivity index (χ0v) is 28.0. The van der Waals surface area contributed by atoms with Crippen molar-refractivity contribution in [1.82, 2.24) is 14.1 Å². The molecule has 0 aliphatic carbocycles. The number of rotatable bonds is 15. The smallest absolute Gasteiger partial charge is 0.410 e. The van der Waals surface area contributed by atoms with E-state index in [-0.39, 0.29) is 23.2 Å². The fourth-order valence-corrected chi connectivity index (χ4v) is 7.37. The molecule has 2 aliphatic heterocycles. The molecule has 1 N–H and O–H groups in total. The molecule has 2 aliphatic rings. The van der Waals surface area contributed by atoms with Gasteiger partial charge in [-0.1, -0.05) is 50.1 Å². The van der Waals surface area contributed by atoms with Crippen molar-refractivity contribution in [3.8, 4) is 0 Å². The quantitative estimate of drug-likeness (QED) is 0.220. The number of aldehydes is 2. The third-order valence-electron chi connectivity index (χ3n) is 8.93. The largest absolute Gasteiger partial charge is 0.442 e. The Bertz CT molecular complexity index is 1280. The highest BCUT2D eigenvalue weighted by molar-refractivity contribution is 7.89. The lowest BCUT2D eigenvalue weighted by Gasteiger charge is -2.33. The van der Waals surface area contributed by atoms with Gasteiger partial charge in [-0.3, -0.25) is 0 Å². The summed E-state index contributed by atoms with van der Waals surface area (Å²) in [6.07, 6.45) is 9.18. The zero-order valence-electron chi connectivity index (χ0n) is 27.2. The van der Waals surface area contributed by atoms with Crippen LogP contribution in [0.5, 0.6) is 0 Å². The first kappa shape index (κ1) is 36.6. The van der Waals surface area contributed by atoms with E-state index in [0.717, 1.165) is 44.2 Å². The number of benzene rings is 1. The molecule has 45 heavy (non-hydrogen) atoms. The van der Waals surface area contributed by atoms with E-state index in [1.54, 1.807) is 27.4 Å². The van der Waals surface area contributed by atoms with Crippen LogP contribution in [0.4, 0.5) is 4.79 Å². The highest BCUT2D eigenvalue weighted by Crippen LogP contribution is 2.27. The molecule has 11 heteroatoms. The number of likely N-dealkylation sites (N-methyl/N-ethyl adjacent to an activating group) is 1. The van der Waals surface area contributed by atoms with Crippen molar-refractivity contribution in [2.45, 2.75) is 76.4 Å². The highest BCUT2D eigenvalue weighted by Gasteiger charge is 2.28. The van der Waals surface area contributed by atoms with Crippen LogP contribution >= 0.6 is 0 Å². The summed E-state index contributed by atoms with van der Waals surface area (Å²) >= 11 is 0. The van der Waals surface area contributed by atoms with E-state index in [9.17, 15) is 27.9 Å². The molecule has 250 valence electrons. The molecule has 1 amide bonds. The van der Waals surface area contributed by atoms with Crippen LogP contribution in [0.3, 0.4) is 0 Å². The molecular formula is C34H51N3O7S. The Morgan fingerprint density at radius 1 is 1.00 bits per heavy atom. The van der Waals surface area contributed by atoms with Crippen LogP contribution in [-0.4, -0.2) is 105 Å². The number of piperidine rings is 1. The Hall–Kier alpha value is -2.86. The minimum Gasteiger partial charge on any atom is -0.442 e. The molecule has 2 heterocycles. The van der Waals surface area contributed by atoms with Crippen molar-refractivity contribution in [2.24, 2.45) is 17.8 Å². The number of hydrogen-bond donors (Lipinski definition) is 1. The number of allylic oxidation sites excluding steroid dienone is 2. The molecule has 0 radical (unpaired) electrons. The minimum atomic E-state index is -3.58. The maximum Gasteiger partial charge on any atom is 0.410 e. The molecule has 0 bridgehead atoms. The molecule has 5 atom stereocenters. The molecule has 2 fully saturated rings. The van der Waals surface area contributed by atoms with Crippen molar-refractivity contribution in [3.63, 3.8) is 0 Å². The van der Waals surface area contributed by atoms with Crippen molar-refractivity contribution < 1.29 is 32.6 Å². The van der Waals surface area contributed by atoms with Gasteiger partial charge in [0.15, 0.2) is 0 Å².